The standard InChI is InChI=1S/C24H25Cl2N3O/c1-15-13-18(16(2)29(15)21-8-6-7-20(25)22(21)26)14-27-28-23(30)17-9-11-19(12-10-17)24(3,4)5/h6-14H,1-5H3,(H,28,30)/b27-14-. The van der Waals surface area contributed by atoms with E-state index >= 15 is 0 Å². The molecule has 0 bridgehead atoms. The van der Waals surface area contributed by atoms with Crippen LogP contribution in [0.5, 0.6) is 0 Å². The minimum Gasteiger partial charge on any atom is -0.316 e. The van der Waals surface area contributed by atoms with Crippen LogP contribution in [0, 0.1) is 13.8 Å². The zero-order valence-corrected chi connectivity index (χ0v) is 19.3. The molecule has 0 saturated heterocycles. The highest BCUT2D eigenvalue weighted by Gasteiger charge is 2.15. The highest BCUT2D eigenvalue weighted by Crippen LogP contribution is 2.31. The van der Waals surface area contributed by atoms with Crippen molar-refractivity contribution in [1.82, 2.24) is 9.99 Å². The van der Waals surface area contributed by atoms with Crippen LogP contribution in [0.1, 0.15) is 53.6 Å². The van der Waals surface area contributed by atoms with E-state index < -0.39 is 0 Å². The summed E-state index contributed by atoms with van der Waals surface area (Å²) in [7, 11) is 0. The van der Waals surface area contributed by atoms with Crippen LogP contribution >= 0.6 is 23.2 Å². The van der Waals surface area contributed by atoms with Crippen LogP contribution in [0.15, 0.2) is 53.6 Å². The summed E-state index contributed by atoms with van der Waals surface area (Å²) >= 11 is 12.6. The zero-order valence-electron chi connectivity index (χ0n) is 17.8. The number of aromatic nitrogens is 1. The Hall–Kier alpha value is -2.56. The van der Waals surface area contributed by atoms with Gasteiger partial charge >= 0.3 is 0 Å². The Balaban J connectivity index is 1.77. The van der Waals surface area contributed by atoms with Gasteiger partial charge in [-0.3, -0.25) is 4.79 Å². The summed E-state index contributed by atoms with van der Waals surface area (Å²) in [6.45, 7) is 10.4. The van der Waals surface area contributed by atoms with Gasteiger partial charge in [0.1, 0.15) is 0 Å². The van der Waals surface area contributed by atoms with Gasteiger partial charge in [0.15, 0.2) is 0 Å². The van der Waals surface area contributed by atoms with Gasteiger partial charge in [0.25, 0.3) is 5.91 Å². The molecule has 0 aliphatic heterocycles. The number of rotatable bonds is 4. The van der Waals surface area contributed by atoms with Gasteiger partial charge in [0, 0.05) is 22.5 Å². The average Bonchev–Trinajstić information content (AvgIpc) is 2.97. The van der Waals surface area contributed by atoms with Crippen molar-refractivity contribution >= 4 is 35.3 Å². The lowest BCUT2D eigenvalue weighted by molar-refractivity contribution is 0.0955. The number of carbonyl (C=O) groups excluding carboxylic acids is 1. The number of carbonyl (C=O) groups is 1. The first-order valence-corrected chi connectivity index (χ1v) is 10.4. The number of halogens is 2. The Bertz CT molecular complexity index is 1110. The first kappa shape index (κ1) is 22.1. The summed E-state index contributed by atoms with van der Waals surface area (Å²) in [5.74, 6) is -0.251. The fraction of sp³-hybridized carbons (Fsp3) is 0.250. The molecule has 0 radical (unpaired) electrons. The van der Waals surface area contributed by atoms with Gasteiger partial charge in [-0.2, -0.15) is 5.10 Å². The average molecular weight is 442 g/mol. The van der Waals surface area contributed by atoms with Crippen molar-refractivity contribution < 1.29 is 4.79 Å². The first-order valence-electron chi connectivity index (χ1n) is 9.67. The number of hydrazone groups is 1. The van der Waals surface area contributed by atoms with E-state index in [2.05, 4.69) is 31.3 Å². The summed E-state index contributed by atoms with van der Waals surface area (Å²) in [6.07, 6.45) is 1.64. The predicted molar refractivity (Wildman–Crippen MR) is 125 cm³/mol. The molecule has 4 nitrogen and oxygen atoms in total. The van der Waals surface area contributed by atoms with Crippen LogP contribution < -0.4 is 5.43 Å². The van der Waals surface area contributed by atoms with Crippen LogP contribution in [0.2, 0.25) is 10.0 Å². The second-order valence-corrected chi connectivity index (χ2v) is 9.05. The van der Waals surface area contributed by atoms with Gasteiger partial charge in [-0.05, 0) is 55.2 Å². The molecule has 0 spiro atoms. The van der Waals surface area contributed by atoms with E-state index in [9.17, 15) is 4.79 Å². The van der Waals surface area contributed by atoms with Crippen molar-refractivity contribution in [1.29, 1.82) is 0 Å². The van der Waals surface area contributed by atoms with E-state index in [0.717, 1.165) is 22.6 Å². The molecule has 0 aliphatic rings. The molecule has 0 unspecified atom stereocenters. The highest BCUT2D eigenvalue weighted by atomic mass is 35.5. The number of amides is 1. The number of benzene rings is 2. The smallest absolute Gasteiger partial charge is 0.271 e. The third kappa shape index (κ3) is 4.61. The molecule has 0 atom stereocenters. The molecule has 2 aromatic carbocycles. The van der Waals surface area contributed by atoms with Gasteiger partial charge in [-0.15, -0.1) is 0 Å². The summed E-state index contributed by atoms with van der Waals surface area (Å²) in [4.78, 5) is 12.4. The summed E-state index contributed by atoms with van der Waals surface area (Å²) in [6, 6.07) is 15.1. The van der Waals surface area contributed by atoms with Crippen molar-refractivity contribution in [3.63, 3.8) is 0 Å². The zero-order chi connectivity index (χ0) is 22.1. The van der Waals surface area contributed by atoms with Gasteiger partial charge in [-0.25, -0.2) is 5.43 Å². The van der Waals surface area contributed by atoms with E-state index in [-0.39, 0.29) is 11.3 Å². The Labute approximate surface area is 187 Å². The number of hydrogen-bond acceptors (Lipinski definition) is 2. The van der Waals surface area contributed by atoms with E-state index in [4.69, 9.17) is 23.2 Å². The van der Waals surface area contributed by atoms with Gasteiger partial charge in [0.05, 0.1) is 21.9 Å². The lowest BCUT2D eigenvalue weighted by atomic mass is 9.87. The Kier molecular flexibility index (Phi) is 6.39. The van der Waals surface area contributed by atoms with E-state index in [1.165, 1.54) is 5.56 Å². The number of aryl methyl sites for hydroxylation is 1. The van der Waals surface area contributed by atoms with Gasteiger partial charge in [-0.1, -0.05) is 62.2 Å². The predicted octanol–water partition coefficient (Wildman–Crippen LogP) is 6.46. The molecule has 1 heterocycles. The third-order valence-corrected chi connectivity index (χ3v) is 5.83. The SMILES string of the molecule is Cc1cc(/C=N\NC(=O)c2ccc(C(C)(C)C)cc2)c(C)n1-c1cccc(Cl)c1Cl. The molecular weight excluding hydrogens is 417 g/mol. The molecule has 1 amide bonds. The number of nitrogens with one attached hydrogen (secondary N) is 1. The third-order valence-electron chi connectivity index (χ3n) is 5.03. The lowest BCUT2D eigenvalue weighted by Gasteiger charge is -2.18. The number of hydrogen-bond donors (Lipinski definition) is 1. The first-order chi connectivity index (χ1) is 14.1. The van der Waals surface area contributed by atoms with Crippen LogP contribution in [-0.4, -0.2) is 16.7 Å². The maximum atomic E-state index is 12.4. The fourth-order valence-electron chi connectivity index (χ4n) is 3.30. The molecule has 3 rings (SSSR count). The van der Waals surface area contributed by atoms with Crippen LogP contribution in [0.25, 0.3) is 5.69 Å². The summed E-state index contributed by atoms with van der Waals surface area (Å²) < 4.78 is 2.02. The van der Waals surface area contributed by atoms with Crippen molar-refractivity contribution in [2.75, 3.05) is 0 Å². The van der Waals surface area contributed by atoms with Crippen molar-refractivity contribution in [3.05, 3.63) is 86.7 Å². The molecule has 30 heavy (non-hydrogen) atoms. The molecule has 1 N–H and O–H groups in total. The molecule has 0 fully saturated rings. The lowest BCUT2D eigenvalue weighted by Crippen LogP contribution is -2.18. The number of nitrogens with zero attached hydrogens (tertiary/aromatic N) is 2. The van der Waals surface area contributed by atoms with Gasteiger partial charge in [0.2, 0.25) is 0 Å². The molecule has 6 heteroatoms. The summed E-state index contributed by atoms with van der Waals surface area (Å²) in [5.41, 5.74) is 8.01. The Morgan fingerprint density at radius 3 is 2.37 bits per heavy atom. The quantitative estimate of drug-likeness (QED) is 0.366. The second kappa shape index (κ2) is 8.66. The largest absolute Gasteiger partial charge is 0.316 e. The monoisotopic (exact) mass is 441 g/mol. The minimum atomic E-state index is -0.251. The molecule has 1 aromatic heterocycles. The van der Waals surface area contributed by atoms with Crippen LogP contribution in [-0.2, 0) is 5.41 Å². The van der Waals surface area contributed by atoms with Gasteiger partial charge < -0.3 is 4.57 Å². The summed E-state index contributed by atoms with van der Waals surface area (Å²) in [5, 5.41) is 5.14. The van der Waals surface area contributed by atoms with E-state index in [1.807, 2.05) is 60.9 Å². The van der Waals surface area contributed by atoms with Crippen LogP contribution in [0.3, 0.4) is 0 Å². The van der Waals surface area contributed by atoms with Crippen molar-refractivity contribution in [2.24, 2.45) is 5.10 Å². The Morgan fingerprint density at radius 2 is 1.73 bits per heavy atom. The maximum absolute atomic E-state index is 12.4. The molecular formula is C24H25Cl2N3O. The maximum Gasteiger partial charge on any atom is 0.271 e. The normalized spacial score (nSPS) is 11.8. The molecule has 156 valence electrons. The van der Waals surface area contributed by atoms with Crippen molar-refractivity contribution in [3.8, 4) is 5.69 Å². The fourth-order valence-corrected chi connectivity index (χ4v) is 3.68. The highest BCUT2D eigenvalue weighted by molar-refractivity contribution is 6.43. The molecule has 3 aromatic rings. The van der Waals surface area contributed by atoms with E-state index in [0.29, 0.717) is 15.6 Å². The van der Waals surface area contributed by atoms with E-state index in [1.54, 1.807) is 12.3 Å². The second-order valence-electron chi connectivity index (χ2n) is 8.26. The molecule has 0 aliphatic carbocycles. The Morgan fingerprint density at radius 1 is 1.07 bits per heavy atom. The topological polar surface area (TPSA) is 46.4 Å². The van der Waals surface area contributed by atoms with Crippen LogP contribution in [0.4, 0.5) is 0 Å². The molecule has 0 saturated carbocycles. The minimum absolute atomic E-state index is 0.0432. The van der Waals surface area contributed by atoms with Crippen molar-refractivity contribution in [2.45, 2.75) is 40.0 Å².